The van der Waals surface area contributed by atoms with Crippen LogP contribution in [0.4, 0.5) is 5.69 Å². The molecule has 0 unspecified atom stereocenters. The molecule has 1 aliphatic heterocycles. The molecule has 0 amide bonds. The molecule has 41 heavy (non-hydrogen) atoms. The molecule has 3 heterocycles. The molecule has 0 atom stereocenters. The first-order valence-electron chi connectivity index (χ1n) is 13.1. The Hall–Kier alpha value is -5.69. The number of aromatic amines is 1. The van der Waals surface area contributed by atoms with Crippen LogP contribution in [0.3, 0.4) is 0 Å². The van der Waals surface area contributed by atoms with E-state index in [0.717, 1.165) is 16.5 Å². The van der Waals surface area contributed by atoms with Crippen LogP contribution >= 0.6 is 0 Å². The molecule has 0 spiro atoms. The lowest BCUT2D eigenvalue weighted by atomic mass is 9.97. The zero-order valence-electron chi connectivity index (χ0n) is 21.4. The van der Waals surface area contributed by atoms with Gasteiger partial charge in [0.15, 0.2) is 17.3 Å². The topological polar surface area (TPSA) is 112 Å². The van der Waals surface area contributed by atoms with E-state index in [1.807, 2.05) is 48.5 Å². The number of aromatic nitrogens is 2. The summed E-state index contributed by atoms with van der Waals surface area (Å²) in [4.78, 5) is 51.4. The maximum Gasteiger partial charge on any atom is 0.215 e. The van der Waals surface area contributed by atoms with Crippen molar-refractivity contribution in [3.63, 3.8) is 0 Å². The number of para-hydroxylation sites is 1. The highest BCUT2D eigenvalue weighted by atomic mass is 16.3. The molecular formula is C34H19N3O4. The predicted octanol–water partition coefficient (Wildman–Crippen LogP) is 6.57. The Bertz CT molecular complexity index is 2160. The van der Waals surface area contributed by atoms with E-state index >= 15 is 0 Å². The van der Waals surface area contributed by atoms with Gasteiger partial charge in [0.1, 0.15) is 17.3 Å². The van der Waals surface area contributed by atoms with E-state index in [0.29, 0.717) is 44.5 Å². The number of H-pyrrole nitrogens is 1. The third kappa shape index (κ3) is 3.36. The van der Waals surface area contributed by atoms with Crippen LogP contribution in [0.5, 0.6) is 5.75 Å². The van der Waals surface area contributed by atoms with Gasteiger partial charge in [0.05, 0.1) is 16.9 Å². The van der Waals surface area contributed by atoms with Gasteiger partial charge in [-0.3, -0.25) is 19.4 Å². The molecule has 2 N–H and O–H groups in total. The van der Waals surface area contributed by atoms with Gasteiger partial charge >= 0.3 is 0 Å². The van der Waals surface area contributed by atoms with Gasteiger partial charge in [0.2, 0.25) is 5.78 Å². The third-order valence-corrected chi connectivity index (χ3v) is 7.93. The van der Waals surface area contributed by atoms with E-state index in [-0.39, 0.29) is 34.5 Å². The minimum absolute atomic E-state index is 0.0409. The Balaban J connectivity index is 1.17. The van der Waals surface area contributed by atoms with E-state index in [1.165, 1.54) is 0 Å². The second-order valence-corrected chi connectivity index (χ2v) is 10.3. The molecule has 0 bridgehead atoms. The van der Waals surface area contributed by atoms with Gasteiger partial charge in [-0.05, 0) is 47.5 Å². The number of fused-ring (bicyclic) bond motifs is 4. The van der Waals surface area contributed by atoms with Crippen LogP contribution in [-0.2, 0) is 0 Å². The van der Waals surface area contributed by atoms with Crippen molar-refractivity contribution in [2.75, 3.05) is 0 Å². The fraction of sp³-hybridized carbons (Fsp3) is 0.0294. The van der Waals surface area contributed by atoms with Crippen LogP contribution in [0, 0.1) is 0 Å². The molecule has 1 aliphatic carbocycles. The van der Waals surface area contributed by atoms with Crippen molar-refractivity contribution in [3.05, 3.63) is 125 Å². The van der Waals surface area contributed by atoms with Crippen LogP contribution in [0.25, 0.3) is 32.9 Å². The van der Waals surface area contributed by atoms with Gasteiger partial charge in [-0.1, -0.05) is 60.7 Å². The first kappa shape index (κ1) is 23.2. The molecule has 7 heteroatoms. The number of pyridine rings is 1. The van der Waals surface area contributed by atoms with Crippen molar-refractivity contribution in [2.45, 2.75) is 5.92 Å². The standard InChI is InChI=1S/C34H19N3O4/c38-31-20-5-1-2-6-21(20)32(39)28(31)26-14-11-17-9-10-19(16-27(17)35-26)18-12-13-25-23(15-18)34(41)30(37-25)29-33(40)22-7-3-4-8-24(22)36-29/h1-16,28,37,41H. The quantitative estimate of drug-likeness (QED) is 0.250. The highest BCUT2D eigenvalue weighted by molar-refractivity contribution is 6.55. The molecule has 2 aromatic heterocycles. The fourth-order valence-corrected chi connectivity index (χ4v) is 5.84. The number of nitrogens with one attached hydrogen (secondary N) is 1. The van der Waals surface area contributed by atoms with Crippen LogP contribution in [0.2, 0.25) is 0 Å². The van der Waals surface area contributed by atoms with Crippen molar-refractivity contribution in [3.8, 4) is 16.9 Å². The fourth-order valence-electron chi connectivity index (χ4n) is 5.84. The summed E-state index contributed by atoms with van der Waals surface area (Å²) in [5.74, 6) is -1.68. The van der Waals surface area contributed by atoms with E-state index in [2.05, 4.69) is 9.98 Å². The molecule has 6 aromatic rings. The van der Waals surface area contributed by atoms with E-state index < -0.39 is 5.92 Å². The molecule has 7 nitrogen and oxygen atoms in total. The highest BCUT2D eigenvalue weighted by Gasteiger charge is 2.40. The number of hydrogen-bond acceptors (Lipinski definition) is 6. The summed E-state index contributed by atoms with van der Waals surface area (Å²) in [6.07, 6.45) is 0. The van der Waals surface area contributed by atoms with Gasteiger partial charge < -0.3 is 10.1 Å². The van der Waals surface area contributed by atoms with E-state index in [9.17, 15) is 19.5 Å². The van der Waals surface area contributed by atoms with Crippen molar-refractivity contribution < 1.29 is 19.5 Å². The molecule has 0 saturated heterocycles. The second kappa shape index (κ2) is 8.40. The predicted molar refractivity (Wildman–Crippen MR) is 156 cm³/mol. The van der Waals surface area contributed by atoms with E-state index in [1.54, 1.807) is 48.5 Å². The maximum absolute atomic E-state index is 13.1. The van der Waals surface area contributed by atoms with Crippen molar-refractivity contribution in [1.82, 2.24) is 9.97 Å². The number of ketones is 3. The van der Waals surface area contributed by atoms with Crippen LogP contribution in [0.1, 0.15) is 48.4 Å². The largest absolute Gasteiger partial charge is 0.505 e. The first-order chi connectivity index (χ1) is 20.0. The lowest BCUT2D eigenvalue weighted by molar-refractivity contribution is 0.0887. The van der Waals surface area contributed by atoms with Gasteiger partial charge in [-0.15, -0.1) is 0 Å². The smallest absolute Gasteiger partial charge is 0.215 e. The molecule has 0 radical (unpaired) electrons. The second-order valence-electron chi connectivity index (χ2n) is 10.3. The number of carbonyl (C=O) groups is 3. The van der Waals surface area contributed by atoms with E-state index in [4.69, 9.17) is 4.98 Å². The Morgan fingerprint density at radius 2 is 1.37 bits per heavy atom. The third-order valence-electron chi connectivity index (χ3n) is 7.93. The molecule has 0 saturated carbocycles. The summed E-state index contributed by atoms with van der Waals surface area (Å²) in [6.45, 7) is 0. The van der Waals surface area contributed by atoms with Gasteiger partial charge in [-0.25, -0.2) is 4.99 Å². The molecule has 2 aliphatic rings. The number of rotatable bonds is 3. The molecule has 194 valence electrons. The zero-order chi connectivity index (χ0) is 27.8. The SMILES string of the molecule is O=C1C(c2[nH]c3ccc(-c4ccc5ccc(C6C(=O)c7ccccc7C6=O)nc5c4)cc3c2O)=Nc2ccccc21. The summed E-state index contributed by atoms with van der Waals surface area (Å²) >= 11 is 0. The zero-order valence-corrected chi connectivity index (χ0v) is 21.4. The molecule has 4 aromatic carbocycles. The van der Waals surface area contributed by atoms with Crippen LogP contribution in [-0.4, -0.2) is 38.1 Å². The number of aliphatic imine (C=N–C) groups is 1. The summed E-state index contributed by atoms with van der Waals surface area (Å²) in [6, 6.07) is 29.0. The highest BCUT2D eigenvalue weighted by Crippen LogP contribution is 2.38. The van der Waals surface area contributed by atoms with Gasteiger partial charge in [0.25, 0.3) is 0 Å². The number of Topliss-reactive ketones (excluding diaryl/α,β-unsaturated/α-hetero) is 3. The lowest BCUT2D eigenvalue weighted by Crippen LogP contribution is -2.14. The average Bonchev–Trinajstić information content (AvgIpc) is 3.61. The monoisotopic (exact) mass is 533 g/mol. The number of aromatic hydroxyl groups is 1. The number of benzene rings is 4. The summed E-state index contributed by atoms with van der Waals surface area (Å²) in [5, 5.41) is 12.6. The minimum Gasteiger partial charge on any atom is -0.505 e. The van der Waals surface area contributed by atoms with Crippen molar-refractivity contribution >= 4 is 50.6 Å². The van der Waals surface area contributed by atoms with Gasteiger partial charge in [-0.2, -0.15) is 0 Å². The lowest BCUT2D eigenvalue weighted by Gasteiger charge is -2.09. The Kier molecular flexibility index (Phi) is 4.76. The average molecular weight is 534 g/mol. The first-order valence-corrected chi connectivity index (χ1v) is 13.1. The van der Waals surface area contributed by atoms with Crippen molar-refractivity contribution in [2.24, 2.45) is 4.99 Å². The van der Waals surface area contributed by atoms with Crippen LogP contribution < -0.4 is 0 Å². The number of hydrogen-bond donors (Lipinski definition) is 2. The van der Waals surface area contributed by atoms with Gasteiger partial charge in [0, 0.05) is 33.0 Å². The summed E-state index contributed by atoms with van der Waals surface area (Å²) < 4.78 is 0. The minimum atomic E-state index is -0.945. The normalized spacial score (nSPS) is 14.6. The maximum atomic E-state index is 13.1. The molecule has 8 rings (SSSR count). The summed E-state index contributed by atoms with van der Waals surface area (Å²) in [5.41, 5.74) is 5.86. The summed E-state index contributed by atoms with van der Waals surface area (Å²) in [7, 11) is 0. The number of nitrogens with zero attached hydrogens (tertiary/aromatic N) is 2. The number of carbonyl (C=O) groups excluding carboxylic acids is 3. The molecule has 0 fully saturated rings. The molecular weight excluding hydrogens is 514 g/mol. The van der Waals surface area contributed by atoms with Crippen LogP contribution in [0.15, 0.2) is 102 Å². The Morgan fingerprint density at radius 1 is 0.707 bits per heavy atom. The Morgan fingerprint density at radius 3 is 2.12 bits per heavy atom. The Labute approximate surface area is 232 Å². The van der Waals surface area contributed by atoms with Crippen molar-refractivity contribution in [1.29, 1.82) is 0 Å².